The Kier molecular flexibility index (Phi) is 4.54. The second kappa shape index (κ2) is 6.77. The number of ketones is 1. The Morgan fingerprint density at radius 2 is 2.12 bits per heavy atom. The standard InChI is InChI=1S/C19H16ClN3O/c1-12(24)13-2-3-14(10-21)18(8-13)22-7-6-15-11-23-19-9-16(20)4-5-17(15)19/h2-5,8-9,11,22-23H,6-7H2,1H3. The fourth-order valence-electron chi connectivity index (χ4n) is 2.70. The highest BCUT2D eigenvalue weighted by Gasteiger charge is 2.08. The molecule has 2 N–H and O–H groups in total. The Morgan fingerprint density at radius 3 is 2.88 bits per heavy atom. The number of aromatic nitrogens is 1. The maximum atomic E-state index is 11.5. The van der Waals surface area contributed by atoms with E-state index in [0.717, 1.165) is 17.3 Å². The second-order valence-corrected chi connectivity index (χ2v) is 6.05. The number of fused-ring (bicyclic) bond motifs is 1. The van der Waals surface area contributed by atoms with Gasteiger partial charge in [-0.3, -0.25) is 4.79 Å². The summed E-state index contributed by atoms with van der Waals surface area (Å²) in [4.78, 5) is 14.7. The number of nitriles is 1. The van der Waals surface area contributed by atoms with Gasteiger partial charge in [-0.25, -0.2) is 0 Å². The van der Waals surface area contributed by atoms with E-state index in [1.807, 2.05) is 24.4 Å². The highest BCUT2D eigenvalue weighted by molar-refractivity contribution is 6.31. The molecule has 0 spiro atoms. The second-order valence-electron chi connectivity index (χ2n) is 5.61. The van der Waals surface area contributed by atoms with Crippen molar-refractivity contribution in [2.24, 2.45) is 0 Å². The molecule has 0 radical (unpaired) electrons. The Balaban J connectivity index is 1.75. The lowest BCUT2D eigenvalue weighted by atomic mass is 10.1. The van der Waals surface area contributed by atoms with Crippen molar-refractivity contribution in [3.8, 4) is 6.07 Å². The van der Waals surface area contributed by atoms with Gasteiger partial charge in [-0.2, -0.15) is 5.26 Å². The van der Waals surface area contributed by atoms with Gasteiger partial charge in [0.05, 0.1) is 11.3 Å². The van der Waals surface area contributed by atoms with Gasteiger partial charge < -0.3 is 10.3 Å². The van der Waals surface area contributed by atoms with E-state index >= 15 is 0 Å². The number of aromatic amines is 1. The molecular weight excluding hydrogens is 322 g/mol. The molecule has 24 heavy (non-hydrogen) atoms. The molecule has 120 valence electrons. The van der Waals surface area contributed by atoms with E-state index in [9.17, 15) is 10.1 Å². The topological polar surface area (TPSA) is 68.7 Å². The molecule has 5 heteroatoms. The predicted molar refractivity (Wildman–Crippen MR) is 96.7 cm³/mol. The summed E-state index contributed by atoms with van der Waals surface area (Å²) >= 11 is 6.00. The first-order chi connectivity index (χ1) is 11.6. The summed E-state index contributed by atoms with van der Waals surface area (Å²) in [6.45, 7) is 2.17. The summed E-state index contributed by atoms with van der Waals surface area (Å²) in [7, 11) is 0. The Morgan fingerprint density at radius 1 is 1.29 bits per heavy atom. The summed E-state index contributed by atoms with van der Waals surface area (Å²) in [5.74, 6) is -0.0175. The molecule has 1 heterocycles. The van der Waals surface area contributed by atoms with Crippen molar-refractivity contribution in [3.05, 3.63) is 64.3 Å². The predicted octanol–water partition coefficient (Wildman–Crippen LogP) is 4.55. The third-order valence-electron chi connectivity index (χ3n) is 3.99. The molecule has 4 nitrogen and oxygen atoms in total. The maximum Gasteiger partial charge on any atom is 0.159 e. The van der Waals surface area contributed by atoms with Crippen LogP contribution in [-0.2, 0) is 6.42 Å². The molecule has 0 fully saturated rings. The van der Waals surface area contributed by atoms with Gasteiger partial charge in [0.15, 0.2) is 5.78 Å². The highest BCUT2D eigenvalue weighted by Crippen LogP contribution is 2.23. The molecule has 3 rings (SSSR count). The number of benzene rings is 2. The Bertz CT molecular complexity index is 953. The molecule has 1 aromatic heterocycles. The van der Waals surface area contributed by atoms with E-state index in [4.69, 9.17) is 11.6 Å². The van der Waals surface area contributed by atoms with Crippen LogP contribution < -0.4 is 5.32 Å². The van der Waals surface area contributed by atoms with Crippen LogP contribution in [0.15, 0.2) is 42.6 Å². The van der Waals surface area contributed by atoms with Gasteiger partial charge in [0, 0.05) is 34.2 Å². The molecule has 0 bridgehead atoms. The van der Waals surface area contributed by atoms with E-state index in [2.05, 4.69) is 16.4 Å². The van der Waals surface area contributed by atoms with Gasteiger partial charge in [0.25, 0.3) is 0 Å². The van der Waals surface area contributed by atoms with Crippen molar-refractivity contribution >= 4 is 34.0 Å². The first-order valence-corrected chi connectivity index (χ1v) is 8.01. The van der Waals surface area contributed by atoms with Gasteiger partial charge in [-0.1, -0.05) is 17.7 Å². The molecule has 0 saturated carbocycles. The fourth-order valence-corrected chi connectivity index (χ4v) is 2.88. The van der Waals surface area contributed by atoms with Gasteiger partial charge in [-0.15, -0.1) is 0 Å². The highest BCUT2D eigenvalue weighted by atomic mass is 35.5. The van der Waals surface area contributed by atoms with Crippen molar-refractivity contribution in [2.75, 3.05) is 11.9 Å². The van der Waals surface area contributed by atoms with Crippen LogP contribution in [0.2, 0.25) is 5.02 Å². The lowest BCUT2D eigenvalue weighted by Crippen LogP contribution is -2.07. The minimum absolute atomic E-state index is 0.0175. The quantitative estimate of drug-likeness (QED) is 0.671. The third-order valence-corrected chi connectivity index (χ3v) is 4.22. The summed E-state index contributed by atoms with van der Waals surface area (Å²) in [6.07, 6.45) is 2.76. The fraction of sp³-hybridized carbons (Fsp3) is 0.158. The third kappa shape index (κ3) is 3.27. The summed E-state index contributed by atoms with van der Waals surface area (Å²) in [5.41, 5.74) is 4.00. The number of nitrogens with one attached hydrogen (secondary N) is 2. The maximum absolute atomic E-state index is 11.5. The number of hydrogen-bond donors (Lipinski definition) is 2. The molecule has 0 aliphatic carbocycles. The molecule has 0 amide bonds. The minimum Gasteiger partial charge on any atom is -0.384 e. The van der Waals surface area contributed by atoms with Crippen LogP contribution in [-0.4, -0.2) is 17.3 Å². The van der Waals surface area contributed by atoms with E-state index in [-0.39, 0.29) is 5.78 Å². The van der Waals surface area contributed by atoms with Crippen molar-refractivity contribution in [3.63, 3.8) is 0 Å². The molecule has 0 aliphatic heterocycles. The molecule has 2 aromatic carbocycles. The zero-order chi connectivity index (χ0) is 17.1. The summed E-state index contributed by atoms with van der Waals surface area (Å²) in [6, 6.07) is 13.0. The molecular formula is C19H16ClN3O. The number of hydrogen-bond acceptors (Lipinski definition) is 3. The molecule has 0 aliphatic rings. The Hall–Kier alpha value is -2.77. The Labute approximate surface area is 145 Å². The number of carbonyl (C=O) groups excluding carboxylic acids is 1. The molecule has 3 aromatic rings. The van der Waals surface area contributed by atoms with Gasteiger partial charge in [0.1, 0.15) is 6.07 Å². The van der Waals surface area contributed by atoms with Crippen LogP contribution in [0.4, 0.5) is 5.69 Å². The number of H-pyrrole nitrogens is 1. The summed E-state index contributed by atoms with van der Waals surface area (Å²) < 4.78 is 0. The molecule has 0 unspecified atom stereocenters. The number of nitrogens with zero attached hydrogens (tertiary/aromatic N) is 1. The van der Waals surface area contributed by atoms with E-state index in [1.165, 1.54) is 12.5 Å². The van der Waals surface area contributed by atoms with E-state index in [1.54, 1.807) is 18.2 Å². The van der Waals surface area contributed by atoms with Crippen molar-refractivity contribution in [2.45, 2.75) is 13.3 Å². The van der Waals surface area contributed by atoms with Gasteiger partial charge >= 0.3 is 0 Å². The number of anilines is 1. The average Bonchev–Trinajstić information content (AvgIpc) is 2.96. The van der Waals surface area contributed by atoms with E-state index < -0.39 is 0 Å². The van der Waals surface area contributed by atoms with Crippen LogP contribution >= 0.6 is 11.6 Å². The number of halogens is 1. The number of carbonyl (C=O) groups is 1. The van der Waals surface area contributed by atoms with Gasteiger partial charge in [0.2, 0.25) is 0 Å². The van der Waals surface area contributed by atoms with Crippen molar-refractivity contribution in [1.82, 2.24) is 4.98 Å². The zero-order valence-corrected chi connectivity index (χ0v) is 13.9. The molecule has 0 atom stereocenters. The number of rotatable bonds is 5. The SMILES string of the molecule is CC(=O)c1ccc(C#N)c(NCCc2c[nH]c3cc(Cl)ccc23)c1. The largest absolute Gasteiger partial charge is 0.384 e. The van der Waals surface area contributed by atoms with Crippen LogP contribution in [0.5, 0.6) is 0 Å². The lowest BCUT2D eigenvalue weighted by molar-refractivity contribution is 0.101. The van der Waals surface area contributed by atoms with Crippen molar-refractivity contribution in [1.29, 1.82) is 5.26 Å². The first kappa shape index (κ1) is 16.1. The zero-order valence-electron chi connectivity index (χ0n) is 13.2. The van der Waals surface area contributed by atoms with Crippen LogP contribution in [0, 0.1) is 11.3 Å². The minimum atomic E-state index is -0.0175. The lowest BCUT2D eigenvalue weighted by Gasteiger charge is -2.09. The smallest absolute Gasteiger partial charge is 0.159 e. The first-order valence-electron chi connectivity index (χ1n) is 7.63. The van der Waals surface area contributed by atoms with Crippen LogP contribution in [0.1, 0.15) is 28.4 Å². The average molecular weight is 338 g/mol. The normalized spacial score (nSPS) is 10.5. The van der Waals surface area contributed by atoms with E-state index in [0.29, 0.717) is 28.4 Å². The monoisotopic (exact) mass is 337 g/mol. The molecule has 0 saturated heterocycles. The van der Waals surface area contributed by atoms with Crippen LogP contribution in [0.3, 0.4) is 0 Å². The summed E-state index contributed by atoms with van der Waals surface area (Å²) in [5, 5.41) is 14.3. The van der Waals surface area contributed by atoms with Crippen LogP contribution in [0.25, 0.3) is 10.9 Å². The van der Waals surface area contributed by atoms with Gasteiger partial charge in [-0.05, 0) is 49.2 Å². The van der Waals surface area contributed by atoms with Crippen molar-refractivity contribution < 1.29 is 4.79 Å². The number of Topliss-reactive ketones (excluding diaryl/α,β-unsaturated/α-hetero) is 1.